The van der Waals surface area contributed by atoms with E-state index in [9.17, 15) is 0 Å². The largest absolute Gasteiger partial charge is 0.348 e. The van der Waals surface area contributed by atoms with Crippen LogP contribution in [0.1, 0.15) is 19.3 Å². The molecule has 0 saturated carbocycles. The molecule has 1 aromatic heterocycles. The number of anilines is 1. The first-order chi connectivity index (χ1) is 8.83. The number of benzene rings is 1. The molecule has 4 rings (SSSR count). The highest BCUT2D eigenvalue weighted by Gasteiger charge is 2.45. The maximum Gasteiger partial charge on any atom is 0.148 e. The highest BCUT2D eigenvalue weighted by molar-refractivity contribution is 5.85. The number of hydrogen-bond donors (Lipinski definition) is 1. The molecule has 2 aliphatic heterocycles. The molecule has 1 aromatic carbocycles. The fourth-order valence-electron chi connectivity index (χ4n) is 3.46. The molecule has 2 fully saturated rings. The van der Waals surface area contributed by atoms with Gasteiger partial charge < -0.3 is 10.6 Å². The normalized spacial score (nSPS) is 27.2. The average molecular weight is 313 g/mol. The number of halogens is 2. The van der Waals surface area contributed by atoms with Crippen molar-refractivity contribution in [2.24, 2.45) is 5.73 Å². The minimum Gasteiger partial charge on any atom is -0.348 e. The topological polar surface area (TPSA) is 55.0 Å². The molecule has 2 aliphatic rings. The van der Waals surface area contributed by atoms with Gasteiger partial charge in [-0.1, -0.05) is 12.1 Å². The molecule has 20 heavy (non-hydrogen) atoms. The Labute approximate surface area is 130 Å². The van der Waals surface area contributed by atoms with Gasteiger partial charge in [-0.05, 0) is 31.4 Å². The highest BCUT2D eigenvalue weighted by atomic mass is 35.5. The molecular formula is C14H18Cl2N4. The zero-order chi connectivity index (χ0) is 12.1. The molecule has 2 N–H and O–H groups in total. The summed E-state index contributed by atoms with van der Waals surface area (Å²) in [5, 5.41) is 0. The number of nitrogens with two attached hydrogens (primary N) is 1. The van der Waals surface area contributed by atoms with Crippen LogP contribution in [0.4, 0.5) is 5.82 Å². The van der Waals surface area contributed by atoms with E-state index in [-0.39, 0.29) is 24.8 Å². The Kier molecular flexibility index (Phi) is 4.37. The summed E-state index contributed by atoms with van der Waals surface area (Å²) in [6.45, 7) is 0. The fraction of sp³-hybridized carbons (Fsp3) is 0.429. The van der Waals surface area contributed by atoms with E-state index >= 15 is 0 Å². The van der Waals surface area contributed by atoms with Crippen LogP contribution < -0.4 is 10.6 Å². The lowest BCUT2D eigenvalue weighted by molar-refractivity contribution is 0.503. The molecule has 2 aromatic rings. The van der Waals surface area contributed by atoms with Crippen molar-refractivity contribution in [2.45, 2.75) is 37.4 Å². The minimum atomic E-state index is 0. The Morgan fingerprint density at radius 2 is 1.85 bits per heavy atom. The van der Waals surface area contributed by atoms with Crippen LogP contribution in [0.25, 0.3) is 11.0 Å². The first-order valence-corrected chi connectivity index (χ1v) is 6.58. The smallest absolute Gasteiger partial charge is 0.148 e. The number of aromatic nitrogens is 2. The van der Waals surface area contributed by atoms with Crippen molar-refractivity contribution in [3.63, 3.8) is 0 Å². The first kappa shape index (κ1) is 15.3. The summed E-state index contributed by atoms with van der Waals surface area (Å²) in [4.78, 5) is 11.6. The van der Waals surface area contributed by atoms with Gasteiger partial charge in [-0.25, -0.2) is 4.98 Å². The summed E-state index contributed by atoms with van der Waals surface area (Å²) in [6.07, 6.45) is 5.43. The monoisotopic (exact) mass is 312 g/mol. The van der Waals surface area contributed by atoms with E-state index in [1.165, 1.54) is 12.8 Å². The second-order valence-electron chi connectivity index (χ2n) is 5.32. The van der Waals surface area contributed by atoms with Gasteiger partial charge in [0.15, 0.2) is 0 Å². The number of fused-ring (bicyclic) bond motifs is 3. The Morgan fingerprint density at radius 1 is 1.10 bits per heavy atom. The van der Waals surface area contributed by atoms with Crippen molar-refractivity contribution in [1.82, 2.24) is 9.97 Å². The average Bonchev–Trinajstić information content (AvgIpc) is 2.94. The van der Waals surface area contributed by atoms with Gasteiger partial charge in [0.25, 0.3) is 0 Å². The molecule has 0 amide bonds. The Bertz CT molecular complexity index is 606. The third-order valence-electron chi connectivity index (χ3n) is 4.29. The van der Waals surface area contributed by atoms with Crippen LogP contribution in [0, 0.1) is 0 Å². The SMILES string of the molecule is Cl.Cl.N[C@H]1C[C@H]2CC[C@@H]1N2c1cnc2ccccc2n1. The maximum absolute atomic E-state index is 6.17. The predicted molar refractivity (Wildman–Crippen MR) is 85.9 cm³/mol. The van der Waals surface area contributed by atoms with E-state index in [1.54, 1.807) is 0 Å². The number of para-hydroxylation sites is 2. The van der Waals surface area contributed by atoms with Crippen LogP contribution in [0.3, 0.4) is 0 Å². The molecule has 4 nitrogen and oxygen atoms in total. The molecule has 6 heteroatoms. The number of nitrogens with zero attached hydrogens (tertiary/aromatic N) is 3. The molecule has 2 saturated heterocycles. The summed E-state index contributed by atoms with van der Waals surface area (Å²) < 4.78 is 0. The third kappa shape index (κ3) is 2.22. The van der Waals surface area contributed by atoms with Crippen molar-refractivity contribution < 1.29 is 0 Å². The first-order valence-electron chi connectivity index (χ1n) is 6.58. The molecule has 0 unspecified atom stereocenters. The van der Waals surface area contributed by atoms with Gasteiger partial charge in [0.05, 0.1) is 17.2 Å². The van der Waals surface area contributed by atoms with Gasteiger partial charge in [-0.3, -0.25) is 4.98 Å². The third-order valence-corrected chi connectivity index (χ3v) is 4.29. The van der Waals surface area contributed by atoms with E-state index < -0.39 is 0 Å². The molecule has 0 spiro atoms. The molecule has 2 bridgehead atoms. The van der Waals surface area contributed by atoms with Gasteiger partial charge in [0.1, 0.15) is 5.82 Å². The molecule has 108 valence electrons. The highest BCUT2D eigenvalue weighted by Crippen LogP contribution is 2.39. The molecule has 0 aliphatic carbocycles. The van der Waals surface area contributed by atoms with E-state index in [2.05, 4.69) is 9.88 Å². The number of hydrogen-bond acceptors (Lipinski definition) is 4. The second-order valence-corrected chi connectivity index (χ2v) is 5.32. The van der Waals surface area contributed by atoms with Crippen LogP contribution in [0.15, 0.2) is 30.5 Å². The maximum atomic E-state index is 6.17. The summed E-state index contributed by atoms with van der Waals surface area (Å²) in [5.41, 5.74) is 8.09. The zero-order valence-electron chi connectivity index (χ0n) is 11.0. The lowest BCUT2D eigenvalue weighted by Gasteiger charge is -2.23. The van der Waals surface area contributed by atoms with E-state index in [4.69, 9.17) is 10.7 Å². The van der Waals surface area contributed by atoms with Crippen molar-refractivity contribution in [2.75, 3.05) is 4.90 Å². The van der Waals surface area contributed by atoms with Crippen LogP contribution in [0.2, 0.25) is 0 Å². The number of rotatable bonds is 1. The zero-order valence-corrected chi connectivity index (χ0v) is 12.6. The van der Waals surface area contributed by atoms with E-state index in [0.717, 1.165) is 23.3 Å². The van der Waals surface area contributed by atoms with Gasteiger partial charge in [0, 0.05) is 18.1 Å². The van der Waals surface area contributed by atoms with Crippen molar-refractivity contribution >= 4 is 41.7 Å². The molecule has 3 heterocycles. The quantitative estimate of drug-likeness (QED) is 0.879. The van der Waals surface area contributed by atoms with Gasteiger partial charge in [-0.2, -0.15) is 0 Å². The lowest BCUT2D eigenvalue weighted by Crippen LogP contribution is -2.37. The van der Waals surface area contributed by atoms with Gasteiger partial charge in [0.2, 0.25) is 0 Å². The van der Waals surface area contributed by atoms with Crippen LogP contribution in [0.5, 0.6) is 0 Å². The van der Waals surface area contributed by atoms with Crippen LogP contribution >= 0.6 is 24.8 Å². The molecule has 0 radical (unpaired) electrons. The molecule has 3 atom stereocenters. The Balaban J connectivity index is 0.000000735. The summed E-state index contributed by atoms with van der Waals surface area (Å²) in [6, 6.07) is 9.35. The van der Waals surface area contributed by atoms with Gasteiger partial charge >= 0.3 is 0 Å². The Hall–Kier alpha value is -1.10. The van der Waals surface area contributed by atoms with Crippen molar-refractivity contribution in [3.8, 4) is 0 Å². The summed E-state index contributed by atoms with van der Waals surface area (Å²) >= 11 is 0. The lowest BCUT2D eigenvalue weighted by atomic mass is 9.97. The predicted octanol–water partition coefficient (Wildman–Crippen LogP) is 2.54. The summed E-state index contributed by atoms with van der Waals surface area (Å²) in [7, 11) is 0. The fourth-order valence-corrected chi connectivity index (χ4v) is 3.46. The second kappa shape index (κ2) is 5.72. The van der Waals surface area contributed by atoms with E-state index in [0.29, 0.717) is 18.1 Å². The van der Waals surface area contributed by atoms with Crippen LogP contribution in [-0.2, 0) is 0 Å². The van der Waals surface area contributed by atoms with Gasteiger partial charge in [-0.15, -0.1) is 24.8 Å². The summed E-state index contributed by atoms with van der Waals surface area (Å²) in [5.74, 6) is 0.995. The standard InChI is InChI=1S/C14H16N4.2ClH/c15-10-7-9-5-6-13(10)18(9)14-8-16-11-3-1-2-4-12(11)17-14;;/h1-4,8-10,13H,5-7,15H2;2*1H/t9-,10+,13+;;/m1../s1. The van der Waals surface area contributed by atoms with Crippen molar-refractivity contribution in [1.29, 1.82) is 0 Å². The molecular weight excluding hydrogens is 295 g/mol. The Morgan fingerprint density at radius 3 is 2.50 bits per heavy atom. The van der Waals surface area contributed by atoms with Crippen LogP contribution in [-0.4, -0.2) is 28.1 Å². The van der Waals surface area contributed by atoms with Crippen molar-refractivity contribution in [3.05, 3.63) is 30.5 Å². The van der Waals surface area contributed by atoms with E-state index in [1.807, 2.05) is 30.5 Å². The minimum absolute atomic E-state index is 0.